The first-order valence-corrected chi connectivity index (χ1v) is 14.6. The van der Waals surface area contributed by atoms with Crippen LogP contribution in [0.5, 0.6) is 17.2 Å². The Kier molecular flexibility index (Phi) is 7.91. The highest BCUT2D eigenvalue weighted by Crippen LogP contribution is 2.45. The summed E-state index contributed by atoms with van der Waals surface area (Å²) in [4.78, 5) is 13.3. The molecule has 1 aliphatic rings. The van der Waals surface area contributed by atoms with Crippen LogP contribution in [0.4, 0.5) is 4.39 Å². The number of halogens is 4. The zero-order valence-electron chi connectivity index (χ0n) is 21.9. The predicted molar refractivity (Wildman–Crippen MR) is 165 cm³/mol. The lowest BCUT2D eigenvalue weighted by atomic mass is 9.83. The van der Waals surface area contributed by atoms with E-state index in [-0.39, 0.29) is 39.5 Å². The number of carbonyl (C=O) groups excluding carboxylic acids is 1. The third kappa shape index (κ3) is 5.73. The van der Waals surface area contributed by atoms with E-state index in [0.717, 1.165) is 22.5 Å². The van der Waals surface area contributed by atoms with Crippen LogP contribution in [0.25, 0.3) is 10.1 Å². The van der Waals surface area contributed by atoms with Crippen molar-refractivity contribution in [2.75, 3.05) is 0 Å². The summed E-state index contributed by atoms with van der Waals surface area (Å²) in [7, 11) is 0. The Morgan fingerprint density at radius 2 is 1.81 bits per heavy atom. The second-order valence-corrected chi connectivity index (χ2v) is 11.8. The molecule has 0 amide bonds. The van der Waals surface area contributed by atoms with Crippen molar-refractivity contribution in [1.82, 2.24) is 0 Å². The summed E-state index contributed by atoms with van der Waals surface area (Å²) in [5, 5.41) is 11.4. The van der Waals surface area contributed by atoms with Crippen molar-refractivity contribution in [3.8, 4) is 23.3 Å². The predicted octanol–water partition coefficient (Wildman–Crippen LogP) is 9.02. The summed E-state index contributed by atoms with van der Waals surface area (Å²) in [6.07, 6.45) is 0. The van der Waals surface area contributed by atoms with E-state index in [1.807, 2.05) is 12.1 Å². The van der Waals surface area contributed by atoms with Crippen LogP contribution in [0.15, 0.2) is 90.3 Å². The van der Waals surface area contributed by atoms with Gasteiger partial charge < -0.3 is 19.9 Å². The molecular formula is C32H18Cl3FN2O4S. The molecule has 6 nitrogen and oxygen atoms in total. The second-order valence-electron chi connectivity index (χ2n) is 9.51. The summed E-state index contributed by atoms with van der Waals surface area (Å²) in [5.74, 6) is -0.589. The summed E-state index contributed by atoms with van der Waals surface area (Å²) in [6.45, 7) is 0.231. The molecule has 0 spiro atoms. The van der Waals surface area contributed by atoms with Gasteiger partial charge in [0.25, 0.3) is 0 Å². The van der Waals surface area contributed by atoms with Crippen LogP contribution in [-0.4, -0.2) is 5.97 Å². The zero-order valence-corrected chi connectivity index (χ0v) is 25.0. The Balaban J connectivity index is 1.28. The highest BCUT2D eigenvalue weighted by atomic mass is 35.5. The van der Waals surface area contributed by atoms with Gasteiger partial charge in [-0.1, -0.05) is 65.1 Å². The van der Waals surface area contributed by atoms with Crippen LogP contribution in [0, 0.1) is 17.1 Å². The molecular weight excluding hydrogens is 634 g/mol. The Bertz CT molecular complexity index is 1990. The Morgan fingerprint density at radius 1 is 1.02 bits per heavy atom. The fourth-order valence-corrected chi connectivity index (χ4v) is 7.02. The monoisotopic (exact) mass is 650 g/mol. The average Bonchev–Trinajstić information content (AvgIpc) is 3.32. The number of fused-ring (bicyclic) bond motifs is 2. The smallest absolute Gasteiger partial charge is 0.355 e. The number of hydrogen-bond acceptors (Lipinski definition) is 7. The molecule has 2 heterocycles. The molecule has 214 valence electrons. The normalized spacial score (nSPS) is 14.2. The third-order valence-corrected chi connectivity index (χ3v) is 8.87. The van der Waals surface area contributed by atoms with Crippen molar-refractivity contribution in [3.05, 3.63) is 133 Å². The Morgan fingerprint density at radius 3 is 2.58 bits per heavy atom. The van der Waals surface area contributed by atoms with Crippen LogP contribution in [0.3, 0.4) is 0 Å². The van der Waals surface area contributed by atoms with Gasteiger partial charge in [0.15, 0.2) is 0 Å². The summed E-state index contributed by atoms with van der Waals surface area (Å²) >= 11 is 20.0. The lowest BCUT2D eigenvalue weighted by Crippen LogP contribution is -2.21. The number of rotatable bonds is 6. The fraction of sp³-hybridized carbons (Fsp3) is 0.0625. The van der Waals surface area contributed by atoms with Gasteiger partial charge >= 0.3 is 5.97 Å². The first-order valence-electron chi connectivity index (χ1n) is 12.7. The minimum absolute atomic E-state index is 0.0693. The standard InChI is InChI=1S/C32H18Cl3FN2O4S/c33-18-11-24(34)28-26(12-18)43-30(29(28)35)32(39)41-21-8-9-22-25(13-21)42-31(38)23(14-37)27(22)17-2-1-3-20(10-17)40-15-16-4-6-19(36)7-5-16/h1-13,27H,15,38H2. The SMILES string of the molecule is N#CC1=C(N)Oc2cc(OC(=O)c3sc4cc(Cl)cc(Cl)c4c3Cl)ccc2C1c1cccc(OCc2ccc(F)cc2)c1. The molecule has 0 aliphatic carbocycles. The number of carbonyl (C=O) groups is 1. The quantitative estimate of drug-likeness (QED) is 0.145. The number of ether oxygens (including phenoxy) is 3. The number of benzene rings is 4. The maximum atomic E-state index is 13.2. The van der Waals surface area contributed by atoms with Crippen molar-refractivity contribution in [2.45, 2.75) is 12.5 Å². The van der Waals surface area contributed by atoms with E-state index in [9.17, 15) is 14.4 Å². The Labute approximate surface area is 264 Å². The van der Waals surface area contributed by atoms with Crippen LogP contribution in [-0.2, 0) is 6.61 Å². The van der Waals surface area contributed by atoms with Gasteiger partial charge in [0, 0.05) is 26.7 Å². The lowest BCUT2D eigenvalue weighted by molar-refractivity contribution is 0.0740. The van der Waals surface area contributed by atoms with E-state index in [1.54, 1.807) is 48.5 Å². The number of allylic oxidation sites excluding steroid dienone is 1. The van der Waals surface area contributed by atoms with Crippen molar-refractivity contribution in [3.63, 3.8) is 0 Å². The van der Waals surface area contributed by atoms with Gasteiger partial charge in [0.1, 0.15) is 46.2 Å². The van der Waals surface area contributed by atoms with Crippen LogP contribution >= 0.6 is 46.1 Å². The summed E-state index contributed by atoms with van der Waals surface area (Å²) in [5.41, 5.74) is 8.57. The van der Waals surface area contributed by atoms with Crippen LogP contribution in [0.2, 0.25) is 15.1 Å². The molecule has 4 aromatic carbocycles. The molecule has 6 rings (SSSR count). The van der Waals surface area contributed by atoms with Crippen LogP contribution < -0.4 is 19.9 Å². The lowest BCUT2D eigenvalue weighted by Gasteiger charge is -2.27. The van der Waals surface area contributed by atoms with Gasteiger partial charge in [0.2, 0.25) is 5.88 Å². The van der Waals surface area contributed by atoms with E-state index in [0.29, 0.717) is 37.2 Å². The molecule has 1 aliphatic heterocycles. The van der Waals surface area contributed by atoms with Gasteiger partial charge in [-0.3, -0.25) is 0 Å². The molecule has 5 aromatic rings. The highest BCUT2D eigenvalue weighted by Gasteiger charge is 2.31. The number of thiophene rings is 1. The zero-order chi connectivity index (χ0) is 30.2. The molecule has 0 saturated carbocycles. The van der Waals surface area contributed by atoms with E-state index >= 15 is 0 Å². The summed E-state index contributed by atoms with van der Waals surface area (Å²) < 4.78 is 31.3. The van der Waals surface area contributed by atoms with Crippen molar-refractivity contribution in [1.29, 1.82) is 5.26 Å². The molecule has 0 radical (unpaired) electrons. The number of nitrogens with two attached hydrogens (primary N) is 1. The van der Waals surface area contributed by atoms with Crippen molar-refractivity contribution in [2.24, 2.45) is 5.73 Å². The van der Waals surface area contributed by atoms with E-state index in [2.05, 4.69) is 6.07 Å². The molecule has 1 unspecified atom stereocenters. The van der Waals surface area contributed by atoms with Crippen molar-refractivity contribution >= 4 is 62.2 Å². The van der Waals surface area contributed by atoms with Gasteiger partial charge in [-0.25, -0.2) is 9.18 Å². The topological polar surface area (TPSA) is 94.6 Å². The molecule has 43 heavy (non-hydrogen) atoms. The van der Waals surface area contributed by atoms with Gasteiger partial charge in [-0.05, 0) is 53.6 Å². The molecule has 0 saturated heterocycles. The number of esters is 1. The first kappa shape index (κ1) is 28.8. The number of nitriles is 1. The molecule has 0 fully saturated rings. The Hall–Kier alpha value is -4.26. The molecule has 11 heteroatoms. The van der Waals surface area contributed by atoms with E-state index in [1.165, 1.54) is 18.2 Å². The number of nitrogens with zero attached hydrogens (tertiary/aromatic N) is 1. The fourth-order valence-electron chi connectivity index (χ4n) is 4.77. The number of hydrogen-bond donors (Lipinski definition) is 1. The molecule has 1 atom stereocenters. The van der Waals surface area contributed by atoms with Gasteiger partial charge in [0.05, 0.1) is 16.0 Å². The summed E-state index contributed by atoms with van der Waals surface area (Å²) in [6, 6.07) is 23.5. The maximum absolute atomic E-state index is 13.2. The van der Waals surface area contributed by atoms with Crippen molar-refractivity contribution < 1.29 is 23.4 Å². The average molecular weight is 652 g/mol. The first-order chi connectivity index (χ1) is 20.7. The highest BCUT2D eigenvalue weighted by molar-refractivity contribution is 7.21. The molecule has 2 N–H and O–H groups in total. The second kappa shape index (κ2) is 11.8. The maximum Gasteiger partial charge on any atom is 0.355 e. The van der Waals surface area contributed by atoms with E-state index in [4.69, 9.17) is 54.7 Å². The molecule has 1 aromatic heterocycles. The van der Waals surface area contributed by atoms with Crippen LogP contribution in [0.1, 0.15) is 32.3 Å². The minimum atomic E-state index is -0.682. The minimum Gasteiger partial charge on any atom is -0.489 e. The van der Waals surface area contributed by atoms with Gasteiger partial charge in [-0.2, -0.15) is 5.26 Å². The van der Waals surface area contributed by atoms with Gasteiger partial charge in [-0.15, -0.1) is 11.3 Å². The largest absolute Gasteiger partial charge is 0.489 e. The molecule has 0 bridgehead atoms. The third-order valence-electron chi connectivity index (χ3n) is 6.75. The van der Waals surface area contributed by atoms with E-state index < -0.39 is 11.9 Å².